The van der Waals surface area contributed by atoms with Gasteiger partial charge in [-0.15, -0.1) is 0 Å². The van der Waals surface area contributed by atoms with Gasteiger partial charge < -0.3 is 9.52 Å². The highest BCUT2D eigenvalue weighted by molar-refractivity contribution is 5.81. The number of aromatic nitrogens is 1. The third-order valence-electron chi connectivity index (χ3n) is 3.18. The van der Waals surface area contributed by atoms with E-state index in [2.05, 4.69) is 0 Å². The SMILES string of the molecule is CCCC(C)(C(=O)O)n1c(=O)oc2ccccc21. The molecule has 1 N–H and O–H groups in total. The molecule has 0 spiro atoms. The fraction of sp³-hybridized carbons (Fsp3) is 0.385. The summed E-state index contributed by atoms with van der Waals surface area (Å²) in [7, 11) is 0. The lowest BCUT2D eigenvalue weighted by Gasteiger charge is -2.25. The number of hydrogen-bond donors (Lipinski definition) is 1. The fourth-order valence-corrected chi connectivity index (χ4v) is 2.23. The maximum atomic E-state index is 11.9. The van der Waals surface area contributed by atoms with E-state index in [1.165, 1.54) is 4.57 Å². The molecule has 1 atom stereocenters. The maximum Gasteiger partial charge on any atom is 0.420 e. The van der Waals surface area contributed by atoms with Gasteiger partial charge in [0.15, 0.2) is 5.58 Å². The molecule has 0 bridgehead atoms. The number of carboxylic acids is 1. The van der Waals surface area contributed by atoms with E-state index >= 15 is 0 Å². The van der Waals surface area contributed by atoms with Gasteiger partial charge in [-0.25, -0.2) is 9.59 Å². The first-order chi connectivity index (χ1) is 8.50. The summed E-state index contributed by atoms with van der Waals surface area (Å²) in [4.78, 5) is 23.4. The average molecular weight is 249 g/mol. The number of fused-ring (bicyclic) bond motifs is 1. The van der Waals surface area contributed by atoms with Crippen molar-refractivity contribution in [3.63, 3.8) is 0 Å². The molecule has 0 aliphatic heterocycles. The first kappa shape index (κ1) is 12.4. The van der Waals surface area contributed by atoms with E-state index in [-0.39, 0.29) is 0 Å². The normalized spacial score (nSPS) is 14.6. The minimum Gasteiger partial charge on any atom is -0.479 e. The van der Waals surface area contributed by atoms with Crippen LogP contribution in [-0.2, 0) is 10.3 Å². The smallest absolute Gasteiger partial charge is 0.420 e. The Labute approximate surface area is 104 Å². The predicted molar refractivity (Wildman–Crippen MR) is 66.7 cm³/mol. The van der Waals surface area contributed by atoms with Gasteiger partial charge in [-0.1, -0.05) is 25.5 Å². The molecule has 0 amide bonds. The minimum absolute atomic E-state index is 0.367. The molecule has 0 radical (unpaired) electrons. The van der Waals surface area contributed by atoms with Crippen LogP contribution in [0.4, 0.5) is 0 Å². The molecule has 96 valence electrons. The average Bonchev–Trinajstić information content (AvgIpc) is 2.65. The molecule has 0 saturated heterocycles. The van der Waals surface area contributed by atoms with E-state index in [1.54, 1.807) is 31.2 Å². The molecular formula is C13H15NO4. The van der Waals surface area contributed by atoms with Crippen LogP contribution in [0.2, 0.25) is 0 Å². The molecule has 0 aliphatic carbocycles. The molecule has 5 heteroatoms. The number of benzene rings is 1. The molecule has 0 saturated carbocycles. The van der Waals surface area contributed by atoms with Gasteiger partial charge in [0.2, 0.25) is 0 Å². The summed E-state index contributed by atoms with van der Waals surface area (Å²) in [6.07, 6.45) is 1.03. The summed E-state index contributed by atoms with van der Waals surface area (Å²) in [5.41, 5.74) is -0.356. The zero-order valence-corrected chi connectivity index (χ0v) is 10.3. The molecule has 18 heavy (non-hydrogen) atoms. The molecule has 2 aromatic rings. The highest BCUT2D eigenvalue weighted by Gasteiger charge is 2.37. The van der Waals surface area contributed by atoms with Gasteiger partial charge >= 0.3 is 11.7 Å². The number of carbonyl (C=O) groups is 1. The number of nitrogens with zero attached hydrogens (tertiary/aromatic N) is 1. The lowest BCUT2D eigenvalue weighted by Crippen LogP contribution is -2.43. The van der Waals surface area contributed by atoms with Gasteiger partial charge in [0, 0.05) is 0 Å². The Balaban J connectivity index is 2.76. The van der Waals surface area contributed by atoms with Crippen molar-refractivity contribution in [1.29, 1.82) is 0 Å². The molecule has 1 aromatic heterocycles. The Kier molecular flexibility index (Phi) is 2.98. The second-order valence-electron chi connectivity index (χ2n) is 4.50. The van der Waals surface area contributed by atoms with Crippen molar-refractivity contribution in [1.82, 2.24) is 4.57 Å². The van der Waals surface area contributed by atoms with E-state index in [0.29, 0.717) is 23.9 Å². The standard InChI is InChI=1S/C13H15NO4/c1-3-8-13(2,11(15)16)14-9-6-4-5-7-10(9)18-12(14)17/h4-7H,3,8H2,1-2H3,(H,15,16). The topological polar surface area (TPSA) is 72.4 Å². The van der Waals surface area contributed by atoms with Gasteiger partial charge in [0.05, 0.1) is 5.52 Å². The summed E-state index contributed by atoms with van der Waals surface area (Å²) in [5, 5.41) is 9.42. The molecule has 1 unspecified atom stereocenters. The first-order valence-electron chi connectivity index (χ1n) is 5.85. The van der Waals surface area contributed by atoms with E-state index in [0.717, 1.165) is 0 Å². The molecule has 1 aromatic carbocycles. The van der Waals surface area contributed by atoms with E-state index in [1.807, 2.05) is 6.92 Å². The van der Waals surface area contributed by atoms with Crippen molar-refractivity contribution in [2.24, 2.45) is 0 Å². The third kappa shape index (κ3) is 1.72. The number of hydrogen-bond acceptors (Lipinski definition) is 3. The summed E-state index contributed by atoms with van der Waals surface area (Å²) in [6, 6.07) is 6.84. The van der Waals surface area contributed by atoms with Gasteiger partial charge in [0.1, 0.15) is 5.54 Å². The predicted octanol–water partition coefficient (Wildman–Crippen LogP) is 2.19. The summed E-state index contributed by atoms with van der Waals surface area (Å²) >= 11 is 0. The molecular weight excluding hydrogens is 234 g/mol. The molecule has 0 fully saturated rings. The van der Waals surface area contributed by atoms with Crippen LogP contribution >= 0.6 is 0 Å². The van der Waals surface area contributed by atoms with Crippen LogP contribution in [0, 0.1) is 0 Å². The van der Waals surface area contributed by atoms with E-state index in [4.69, 9.17) is 4.42 Å². The zero-order valence-electron chi connectivity index (χ0n) is 10.3. The Morgan fingerprint density at radius 3 is 2.72 bits per heavy atom. The number of rotatable bonds is 4. The van der Waals surface area contributed by atoms with Crippen LogP contribution in [0.5, 0.6) is 0 Å². The van der Waals surface area contributed by atoms with Crippen LogP contribution in [0.15, 0.2) is 33.5 Å². The number of carboxylic acid groups (broad SMARTS) is 1. The second kappa shape index (κ2) is 4.33. The Bertz CT molecular complexity index is 640. The van der Waals surface area contributed by atoms with Crippen molar-refractivity contribution in [2.75, 3.05) is 0 Å². The molecule has 0 aliphatic rings. The molecule has 1 heterocycles. The quantitative estimate of drug-likeness (QED) is 0.901. The Morgan fingerprint density at radius 1 is 1.44 bits per heavy atom. The number of para-hydroxylation sites is 2. The van der Waals surface area contributed by atoms with Crippen molar-refractivity contribution < 1.29 is 14.3 Å². The zero-order chi connectivity index (χ0) is 13.3. The monoisotopic (exact) mass is 249 g/mol. The fourth-order valence-electron chi connectivity index (χ4n) is 2.23. The largest absolute Gasteiger partial charge is 0.479 e. The van der Waals surface area contributed by atoms with Crippen LogP contribution < -0.4 is 5.76 Å². The van der Waals surface area contributed by atoms with Crippen molar-refractivity contribution in [3.05, 3.63) is 34.8 Å². The van der Waals surface area contributed by atoms with E-state index < -0.39 is 17.3 Å². The van der Waals surface area contributed by atoms with E-state index in [9.17, 15) is 14.7 Å². The van der Waals surface area contributed by atoms with Crippen molar-refractivity contribution in [3.8, 4) is 0 Å². The lowest BCUT2D eigenvalue weighted by molar-refractivity contribution is -0.147. The summed E-state index contributed by atoms with van der Waals surface area (Å²) < 4.78 is 6.32. The molecule has 2 rings (SSSR count). The van der Waals surface area contributed by atoms with Gasteiger partial charge in [-0.05, 0) is 25.5 Å². The first-order valence-corrected chi connectivity index (χ1v) is 5.85. The van der Waals surface area contributed by atoms with Crippen molar-refractivity contribution in [2.45, 2.75) is 32.2 Å². The van der Waals surface area contributed by atoms with Crippen LogP contribution in [0.25, 0.3) is 11.1 Å². The number of oxazole rings is 1. The van der Waals surface area contributed by atoms with Crippen LogP contribution in [0.3, 0.4) is 0 Å². The van der Waals surface area contributed by atoms with Crippen LogP contribution in [-0.4, -0.2) is 15.6 Å². The molecule has 5 nitrogen and oxygen atoms in total. The Hall–Kier alpha value is -2.04. The maximum absolute atomic E-state index is 11.9. The minimum atomic E-state index is -1.28. The highest BCUT2D eigenvalue weighted by Crippen LogP contribution is 2.26. The highest BCUT2D eigenvalue weighted by atomic mass is 16.4. The Morgan fingerprint density at radius 2 is 2.11 bits per heavy atom. The number of aliphatic carboxylic acids is 1. The second-order valence-corrected chi connectivity index (χ2v) is 4.50. The van der Waals surface area contributed by atoms with Crippen molar-refractivity contribution >= 4 is 17.1 Å². The van der Waals surface area contributed by atoms with Gasteiger partial charge in [-0.2, -0.15) is 0 Å². The van der Waals surface area contributed by atoms with Gasteiger partial charge in [-0.3, -0.25) is 4.57 Å². The summed E-state index contributed by atoms with van der Waals surface area (Å²) in [5.74, 6) is -1.66. The summed E-state index contributed by atoms with van der Waals surface area (Å²) in [6.45, 7) is 3.43. The third-order valence-corrected chi connectivity index (χ3v) is 3.18. The lowest BCUT2D eigenvalue weighted by atomic mass is 9.95. The van der Waals surface area contributed by atoms with Crippen LogP contribution in [0.1, 0.15) is 26.7 Å². The van der Waals surface area contributed by atoms with Gasteiger partial charge in [0.25, 0.3) is 0 Å².